The van der Waals surface area contributed by atoms with Gasteiger partial charge in [0, 0.05) is 12.6 Å². The van der Waals surface area contributed by atoms with Gasteiger partial charge in [0.25, 0.3) is 0 Å². The van der Waals surface area contributed by atoms with Crippen molar-refractivity contribution in [2.24, 2.45) is 5.92 Å². The summed E-state index contributed by atoms with van der Waals surface area (Å²) in [5, 5.41) is 15.8. The number of hydrogen-bond donors (Lipinski definition) is 1. The molecule has 20 heavy (non-hydrogen) atoms. The van der Waals surface area contributed by atoms with Crippen LogP contribution in [0.3, 0.4) is 0 Å². The van der Waals surface area contributed by atoms with E-state index in [4.69, 9.17) is 0 Å². The average molecular weight is 278 g/mol. The van der Waals surface area contributed by atoms with Crippen LogP contribution in [-0.2, 0) is 6.54 Å². The number of rotatable bonds is 6. The van der Waals surface area contributed by atoms with Crippen LogP contribution in [0.25, 0.3) is 0 Å². The van der Waals surface area contributed by atoms with Gasteiger partial charge >= 0.3 is 0 Å². The van der Waals surface area contributed by atoms with Gasteiger partial charge in [0.15, 0.2) is 5.82 Å². The molecule has 1 aliphatic carbocycles. The van der Waals surface area contributed by atoms with Crippen LogP contribution in [0.4, 0.5) is 0 Å². The van der Waals surface area contributed by atoms with Crippen molar-refractivity contribution in [3.05, 3.63) is 5.82 Å². The summed E-state index contributed by atoms with van der Waals surface area (Å²) in [6, 6.07) is 1.15. The third-order valence-corrected chi connectivity index (χ3v) is 4.24. The Morgan fingerprint density at radius 2 is 2.15 bits per heavy atom. The van der Waals surface area contributed by atoms with Crippen molar-refractivity contribution in [2.45, 2.75) is 58.2 Å². The minimum absolute atomic E-state index is 0.572. The summed E-state index contributed by atoms with van der Waals surface area (Å²) in [4.78, 5) is 2.51. The van der Waals surface area contributed by atoms with Gasteiger partial charge < -0.3 is 5.32 Å². The van der Waals surface area contributed by atoms with Crippen molar-refractivity contribution in [3.8, 4) is 0 Å². The normalized spacial score (nSPS) is 24.4. The molecule has 2 fully saturated rings. The average Bonchev–Trinajstić information content (AvgIpc) is 3.18. The fourth-order valence-corrected chi connectivity index (χ4v) is 2.98. The van der Waals surface area contributed by atoms with Gasteiger partial charge in [-0.25, -0.2) is 4.68 Å². The number of nitrogens with zero attached hydrogens (tertiary/aromatic N) is 5. The molecule has 1 N–H and O–H groups in total. The van der Waals surface area contributed by atoms with E-state index in [1.807, 2.05) is 4.68 Å². The van der Waals surface area contributed by atoms with E-state index in [9.17, 15) is 0 Å². The molecule has 0 amide bonds. The van der Waals surface area contributed by atoms with Crippen LogP contribution >= 0.6 is 0 Å². The largest absolute Gasteiger partial charge is 0.314 e. The molecule has 1 saturated carbocycles. The maximum absolute atomic E-state index is 4.22. The monoisotopic (exact) mass is 278 g/mol. The predicted octanol–water partition coefficient (Wildman–Crippen LogP) is 1.22. The second-order valence-electron chi connectivity index (χ2n) is 6.58. The molecule has 6 nitrogen and oxygen atoms in total. The Kier molecular flexibility index (Phi) is 4.31. The molecule has 6 heteroatoms. The summed E-state index contributed by atoms with van der Waals surface area (Å²) >= 11 is 0. The molecule has 112 valence electrons. The van der Waals surface area contributed by atoms with Crippen LogP contribution in [0, 0.1) is 5.92 Å². The van der Waals surface area contributed by atoms with E-state index >= 15 is 0 Å². The lowest BCUT2D eigenvalue weighted by Crippen LogP contribution is -2.41. The summed E-state index contributed by atoms with van der Waals surface area (Å²) in [6.45, 7) is 8.80. The van der Waals surface area contributed by atoms with Crippen molar-refractivity contribution in [3.63, 3.8) is 0 Å². The lowest BCUT2D eigenvalue weighted by molar-refractivity contribution is 0.158. The fourth-order valence-electron chi connectivity index (χ4n) is 2.98. The smallest absolute Gasteiger partial charge is 0.165 e. The number of nitrogens with one attached hydrogen (secondary N) is 1. The number of hydrogen-bond acceptors (Lipinski definition) is 5. The summed E-state index contributed by atoms with van der Waals surface area (Å²) < 4.78 is 2.04. The molecule has 0 spiro atoms. The molecule has 2 aliphatic rings. The maximum Gasteiger partial charge on any atom is 0.165 e. The molecule has 1 unspecified atom stereocenters. The van der Waals surface area contributed by atoms with E-state index in [0.29, 0.717) is 12.1 Å². The number of likely N-dealkylation sites (tertiary alicyclic amines) is 1. The SMILES string of the molecule is CC(C)NCC1CCCN(Cc2nnnn2C2CC2)C1. The summed E-state index contributed by atoms with van der Waals surface area (Å²) in [6.07, 6.45) is 5.09. The van der Waals surface area contributed by atoms with E-state index in [1.165, 1.54) is 32.2 Å². The second-order valence-corrected chi connectivity index (χ2v) is 6.58. The molecule has 1 aromatic heterocycles. The van der Waals surface area contributed by atoms with Gasteiger partial charge in [0.05, 0.1) is 12.6 Å². The van der Waals surface area contributed by atoms with Gasteiger partial charge in [-0.1, -0.05) is 13.8 Å². The fraction of sp³-hybridized carbons (Fsp3) is 0.929. The Morgan fingerprint density at radius 3 is 2.90 bits per heavy atom. The quantitative estimate of drug-likeness (QED) is 0.848. The second kappa shape index (κ2) is 6.18. The Hall–Kier alpha value is -1.01. The van der Waals surface area contributed by atoms with Gasteiger partial charge in [0.1, 0.15) is 0 Å². The molecule has 0 radical (unpaired) electrons. The zero-order valence-electron chi connectivity index (χ0n) is 12.6. The van der Waals surface area contributed by atoms with Gasteiger partial charge in [0.2, 0.25) is 0 Å². The van der Waals surface area contributed by atoms with E-state index in [0.717, 1.165) is 31.4 Å². The lowest BCUT2D eigenvalue weighted by Gasteiger charge is -2.32. The van der Waals surface area contributed by atoms with Crippen LogP contribution in [0.15, 0.2) is 0 Å². The summed E-state index contributed by atoms with van der Waals surface area (Å²) in [5.41, 5.74) is 0. The highest BCUT2D eigenvalue weighted by molar-refractivity contribution is 4.91. The van der Waals surface area contributed by atoms with E-state index in [-0.39, 0.29) is 0 Å². The lowest BCUT2D eigenvalue weighted by atomic mass is 9.98. The van der Waals surface area contributed by atoms with Crippen molar-refractivity contribution in [1.29, 1.82) is 0 Å². The third-order valence-electron chi connectivity index (χ3n) is 4.24. The van der Waals surface area contributed by atoms with Gasteiger partial charge in [-0.05, 0) is 55.1 Å². The Balaban J connectivity index is 1.53. The zero-order valence-corrected chi connectivity index (χ0v) is 12.6. The first-order valence-corrected chi connectivity index (χ1v) is 7.95. The predicted molar refractivity (Wildman–Crippen MR) is 77.2 cm³/mol. The summed E-state index contributed by atoms with van der Waals surface area (Å²) in [5.74, 6) is 1.81. The minimum Gasteiger partial charge on any atom is -0.314 e. The minimum atomic E-state index is 0.572. The highest BCUT2D eigenvalue weighted by atomic mass is 15.6. The van der Waals surface area contributed by atoms with Crippen LogP contribution < -0.4 is 5.32 Å². The zero-order chi connectivity index (χ0) is 13.9. The first kappa shape index (κ1) is 13.9. The van der Waals surface area contributed by atoms with E-state index in [1.54, 1.807) is 0 Å². The van der Waals surface area contributed by atoms with Gasteiger partial charge in [-0.15, -0.1) is 5.10 Å². The Labute approximate surface area is 120 Å². The number of tetrazole rings is 1. The van der Waals surface area contributed by atoms with Gasteiger partial charge in [-0.2, -0.15) is 0 Å². The molecule has 1 atom stereocenters. The number of piperidine rings is 1. The van der Waals surface area contributed by atoms with Crippen molar-refractivity contribution >= 4 is 0 Å². The maximum atomic E-state index is 4.22. The van der Waals surface area contributed by atoms with Crippen molar-refractivity contribution in [2.75, 3.05) is 19.6 Å². The molecular weight excluding hydrogens is 252 g/mol. The molecule has 0 bridgehead atoms. The molecule has 0 aromatic carbocycles. The summed E-state index contributed by atoms with van der Waals surface area (Å²) in [7, 11) is 0. The molecular formula is C14H26N6. The molecule has 1 aliphatic heterocycles. The topological polar surface area (TPSA) is 58.9 Å². The first-order valence-electron chi connectivity index (χ1n) is 7.95. The standard InChI is InChI=1S/C14H26N6/c1-11(2)15-8-12-4-3-7-19(9-12)10-14-16-17-18-20(14)13-5-6-13/h11-13,15H,3-10H2,1-2H3. The number of aromatic nitrogens is 4. The Bertz CT molecular complexity index is 425. The molecule has 1 aromatic rings. The van der Waals surface area contributed by atoms with Crippen LogP contribution in [0.1, 0.15) is 51.4 Å². The molecule has 2 heterocycles. The van der Waals surface area contributed by atoms with Crippen molar-refractivity contribution in [1.82, 2.24) is 30.4 Å². The van der Waals surface area contributed by atoms with E-state index in [2.05, 4.69) is 39.6 Å². The van der Waals surface area contributed by atoms with Crippen LogP contribution in [-0.4, -0.2) is 50.8 Å². The third kappa shape index (κ3) is 3.55. The van der Waals surface area contributed by atoms with E-state index < -0.39 is 0 Å². The first-order chi connectivity index (χ1) is 9.72. The highest BCUT2D eigenvalue weighted by Crippen LogP contribution is 2.34. The highest BCUT2D eigenvalue weighted by Gasteiger charge is 2.29. The van der Waals surface area contributed by atoms with Crippen molar-refractivity contribution < 1.29 is 0 Å². The van der Waals surface area contributed by atoms with Crippen LogP contribution in [0.5, 0.6) is 0 Å². The van der Waals surface area contributed by atoms with Gasteiger partial charge in [-0.3, -0.25) is 4.90 Å². The molecule has 3 rings (SSSR count). The molecule has 1 saturated heterocycles. The van der Waals surface area contributed by atoms with Crippen LogP contribution in [0.2, 0.25) is 0 Å². The Morgan fingerprint density at radius 1 is 1.30 bits per heavy atom.